The molecule has 0 aromatic heterocycles. The summed E-state index contributed by atoms with van der Waals surface area (Å²) < 4.78 is 0. The maximum absolute atomic E-state index is 10.8. The van der Waals surface area contributed by atoms with E-state index in [0.29, 0.717) is 0 Å². The van der Waals surface area contributed by atoms with Gasteiger partial charge in [-0.2, -0.15) is 0 Å². The molecule has 82 valence electrons. The topological polar surface area (TPSA) is 49.7 Å². The average molecular weight is 215 g/mol. The standard InChI is InChI=1S/C13H13NO2/c15-12(16)7-8-5-6-10-9-3-1-2-4-11(9)14-13(8)10/h1-4,8,13H,5-7H2,(H,15,16). The number of hydrogen-bond donors (Lipinski definition) is 1. The van der Waals surface area contributed by atoms with Crippen LogP contribution in [-0.2, 0) is 4.79 Å². The van der Waals surface area contributed by atoms with Crippen LogP contribution >= 0.6 is 0 Å². The molecule has 1 aromatic rings. The van der Waals surface area contributed by atoms with Crippen LogP contribution in [0.15, 0.2) is 29.3 Å². The lowest BCUT2D eigenvalue weighted by molar-refractivity contribution is -0.138. The molecule has 2 atom stereocenters. The van der Waals surface area contributed by atoms with E-state index in [0.717, 1.165) is 18.2 Å². The van der Waals surface area contributed by atoms with Crippen molar-refractivity contribution in [2.75, 3.05) is 0 Å². The molecule has 3 rings (SSSR count). The predicted octanol–water partition coefficient (Wildman–Crippen LogP) is 0.724. The molecule has 1 fully saturated rings. The number of rotatable bonds is 2. The number of fused-ring (bicyclic) bond motifs is 2. The first-order valence-electron chi connectivity index (χ1n) is 5.63. The van der Waals surface area contributed by atoms with E-state index in [1.54, 1.807) is 0 Å². The van der Waals surface area contributed by atoms with Gasteiger partial charge in [-0.25, -0.2) is 0 Å². The second kappa shape index (κ2) is 3.44. The Labute approximate surface area is 93.1 Å². The molecule has 0 saturated heterocycles. The molecule has 2 unspecified atom stereocenters. The number of benzene rings is 1. The van der Waals surface area contributed by atoms with Crippen LogP contribution in [0.2, 0.25) is 0 Å². The zero-order chi connectivity index (χ0) is 11.1. The zero-order valence-electron chi connectivity index (χ0n) is 8.89. The molecule has 1 N–H and O–H groups in total. The molecule has 2 aliphatic rings. The first-order valence-corrected chi connectivity index (χ1v) is 5.63. The molecular weight excluding hydrogens is 202 g/mol. The lowest BCUT2D eigenvalue weighted by Gasteiger charge is -2.11. The van der Waals surface area contributed by atoms with Crippen molar-refractivity contribution in [2.45, 2.75) is 25.3 Å². The van der Waals surface area contributed by atoms with E-state index in [2.05, 4.69) is 11.1 Å². The van der Waals surface area contributed by atoms with Gasteiger partial charge in [0.2, 0.25) is 0 Å². The maximum atomic E-state index is 10.8. The summed E-state index contributed by atoms with van der Waals surface area (Å²) in [7, 11) is 0. The minimum absolute atomic E-state index is 0.133. The summed E-state index contributed by atoms with van der Waals surface area (Å²) in [6, 6.07) is 8.24. The Morgan fingerprint density at radius 2 is 2.25 bits per heavy atom. The minimum atomic E-state index is -0.711. The van der Waals surface area contributed by atoms with Gasteiger partial charge >= 0.3 is 5.97 Å². The molecule has 1 aliphatic carbocycles. The Kier molecular flexibility index (Phi) is 2.06. The van der Waals surface area contributed by atoms with Gasteiger partial charge in [-0.1, -0.05) is 18.2 Å². The predicted molar refractivity (Wildman–Crippen MR) is 59.4 cm³/mol. The monoisotopic (exact) mass is 215 g/mol. The second-order valence-electron chi connectivity index (χ2n) is 4.51. The van der Waals surface area contributed by atoms with E-state index in [1.807, 2.05) is 18.2 Å². The summed E-state index contributed by atoms with van der Waals surface area (Å²) in [5, 5.41) is 11.1. The first kappa shape index (κ1) is 9.58. The number of carbonyl (C=O) groups is 1. The van der Waals surface area contributed by atoms with E-state index in [4.69, 9.17) is 5.11 Å². The van der Waals surface area contributed by atoms with Crippen molar-refractivity contribution in [2.24, 2.45) is 10.9 Å². The number of carboxylic acids is 1. The van der Waals surface area contributed by atoms with Gasteiger partial charge in [0.25, 0.3) is 0 Å². The van der Waals surface area contributed by atoms with Crippen molar-refractivity contribution in [3.8, 4) is 0 Å². The van der Waals surface area contributed by atoms with Gasteiger partial charge in [0, 0.05) is 5.22 Å². The van der Waals surface area contributed by atoms with Crippen LogP contribution in [0.5, 0.6) is 0 Å². The third-order valence-electron chi connectivity index (χ3n) is 3.55. The Bertz CT molecular complexity index is 562. The normalized spacial score (nSPS) is 26.1. The Balaban J connectivity index is 2.03. The van der Waals surface area contributed by atoms with Gasteiger partial charge in [0.15, 0.2) is 0 Å². The Morgan fingerprint density at radius 1 is 1.44 bits per heavy atom. The van der Waals surface area contributed by atoms with Crippen LogP contribution in [0.4, 0.5) is 0 Å². The summed E-state index contributed by atoms with van der Waals surface area (Å²) in [5.74, 6) is -0.516. The van der Waals surface area contributed by atoms with Crippen LogP contribution in [0, 0.1) is 5.92 Å². The fourth-order valence-corrected chi connectivity index (χ4v) is 2.85. The molecule has 0 radical (unpaired) electrons. The van der Waals surface area contributed by atoms with Crippen LogP contribution < -0.4 is 10.6 Å². The van der Waals surface area contributed by atoms with Crippen molar-refractivity contribution in [1.82, 2.24) is 0 Å². The van der Waals surface area contributed by atoms with Crippen molar-refractivity contribution in [3.63, 3.8) is 0 Å². The summed E-state index contributed by atoms with van der Waals surface area (Å²) in [5.41, 5.74) is 1.35. The molecule has 0 amide bonds. The van der Waals surface area contributed by atoms with Crippen LogP contribution in [-0.4, -0.2) is 17.1 Å². The molecule has 3 nitrogen and oxygen atoms in total. The SMILES string of the molecule is O=C(O)CC1CCC2=c3ccccc3=NC21. The number of hydrogen-bond acceptors (Lipinski definition) is 2. The maximum Gasteiger partial charge on any atom is 0.303 e. The highest BCUT2D eigenvalue weighted by Gasteiger charge is 2.35. The molecule has 1 aromatic carbocycles. The van der Waals surface area contributed by atoms with Gasteiger partial charge in [0.1, 0.15) is 0 Å². The fourth-order valence-electron chi connectivity index (χ4n) is 2.85. The summed E-state index contributed by atoms with van der Waals surface area (Å²) in [6.45, 7) is 0. The van der Waals surface area contributed by atoms with Crippen LogP contribution in [0.1, 0.15) is 19.3 Å². The largest absolute Gasteiger partial charge is 0.481 e. The van der Waals surface area contributed by atoms with Crippen molar-refractivity contribution >= 4 is 11.5 Å². The van der Waals surface area contributed by atoms with Gasteiger partial charge in [-0.3, -0.25) is 9.79 Å². The Morgan fingerprint density at radius 3 is 3.06 bits per heavy atom. The highest BCUT2D eigenvalue weighted by Crippen LogP contribution is 2.36. The average Bonchev–Trinajstić information content (AvgIpc) is 2.78. The van der Waals surface area contributed by atoms with Crippen molar-refractivity contribution in [3.05, 3.63) is 34.8 Å². The molecule has 1 heterocycles. The molecular formula is C13H13NO2. The third-order valence-corrected chi connectivity index (χ3v) is 3.55. The van der Waals surface area contributed by atoms with Crippen LogP contribution in [0.25, 0.3) is 5.57 Å². The summed E-state index contributed by atoms with van der Waals surface area (Å²) in [4.78, 5) is 15.4. The lowest BCUT2D eigenvalue weighted by atomic mass is 9.99. The molecule has 1 aliphatic heterocycles. The van der Waals surface area contributed by atoms with Crippen LogP contribution in [0.3, 0.4) is 0 Å². The summed E-state index contributed by atoms with van der Waals surface area (Å²) in [6.07, 6.45) is 2.21. The van der Waals surface area contributed by atoms with Gasteiger partial charge in [0.05, 0.1) is 17.8 Å². The lowest BCUT2D eigenvalue weighted by Crippen LogP contribution is -2.21. The highest BCUT2D eigenvalue weighted by molar-refractivity contribution is 5.69. The first-order chi connectivity index (χ1) is 7.75. The summed E-state index contributed by atoms with van der Waals surface area (Å²) >= 11 is 0. The van der Waals surface area contributed by atoms with E-state index in [-0.39, 0.29) is 18.4 Å². The number of nitrogens with zero attached hydrogens (tertiary/aromatic N) is 1. The molecule has 16 heavy (non-hydrogen) atoms. The van der Waals surface area contributed by atoms with E-state index < -0.39 is 5.97 Å². The highest BCUT2D eigenvalue weighted by atomic mass is 16.4. The smallest absolute Gasteiger partial charge is 0.303 e. The number of carboxylic acid groups (broad SMARTS) is 1. The Hall–Kier alpha value is -1.64. The van der Waals surface area contributed by atoms with E-state index in [9.17, 15) is 4.79 Å². The van der Waals surface area contributed by atoms with Gasteiger partial charge < -0.3 is 5.11 Å². The fraction of sp³-hybridized carbons (Fsp3) is 0.385. The van der Waals surface area contributed by atoms with E-state index >= 15 is 0 Å². The molecule has 0 spiro atoms. The van der Waals surface area contributed by atoms with Crippen molar-refractivity contribution in [1.29, 1.82) is 0 Å². The van der Waals surface area contributed by atoms with E-state index in [1.165, 1.54) is 10.8 Å². The number of aliphatic carboxylic acids is 1. The zero-order valence-corrected chi connectivity index (χ0v) is 8.89. The molecule has 3 heteroatoms. The minimum Gasteiger partial charge on any atom is -0.481 e. The third kappa shape index (κ3) is 1.35. The number of para-hydroxylation sites is 1. The molecule has 0 bridgehead atoms. The second-order valence-corrected chi connectivity index (χ2v) is 4.51. The molecule has 1 saturated carbocycles. The van der Waals surface area contributed by atoms with Gasteiger partial charge in [-0.15, -0.1) is 0 Å². The quantitative estimate of drug-likeness (QED) is 0.790. The van der Waals surface area contributed by atoms with Gasteiger partial charge in [-0.05, 0) is 30.4 Å². The van der Waals surface area contributed by atoms with Crippen molar-refractivity contribution < 1.29 is 9.90 Å².